The van der Waals surface area contributed by atoms with E-state index in [1.807, 2.05) is 24.3 Å². The van der Waals surface area contributed by atoms with E-state index in [0.717, 1.165) is 37.2 Å². The van der Waals surface area contributed by atoms with Crippen LogP contribution in [0.3, 0.4) is 0 Å². The number of hydrogen-bond acceptors (Lipinski definition) is 4. The quantitative estimate of drug-likeness (QED) is 0.825. The molecule has 1 aromatic carbocycles. The highest BCUT2D eigenvalue weighted by atomic mass is 16.5. The standard InChI is InChI=1S/C16H21N3O2/c20-16(19-8-9-21-15-7-3-6-14(15)19)13-10-17-11-4-1-2-5-12(11)18-13/h1-2,4-5,13-15,17-18H,3,6-10H2. The fourth-order valence-corrected chi connectivity index (χ4v) is 3.76. The molecule has 2 fully saturated rings. The van der Waals surface area contributed by atoms with Gasteiger partial charge in [-0.15, -0.1) is 0 Å². The summed E-state index contributed by atoms with van der Waals surface area (Å²) >= 11 is 0. The number of carbonyl (C=O) groups is 1. The molecular weight excluding hydrogens is 266 g/mol. The predicted molar refractivity (Wildman–Crippen MR) is 81.4 cm³/mol. The second-order valence-electron chi connectivity index (χ2n) is 6.06. The third-order valence-corrected chi connectivity index (χ3v) is 4.82. The number of morpholine rings is 1. The third kappa shape index (κ3) is 2.25. The number of hydrogen-bond donors (Lipinski definition) is 2. The summed E-state index contributed by atoms with van der Waals surface area (Å²) in [5.41, 5.74) is 2.08. The van der Waals surface area contributed by atoms with E-state index in [1.54, 1.807) is 0 Å². The van der Waals surface area contributed by atoms with Gasteiger partial charge in [0.25, 0.3) is 0 Å². The summed E-state index contributed by atoms with van der Waals surface area (Å²) in [6.45, 7) is 2.04. The average Bonchev–Trinajstić information content (AvgIpc) is 3.02. The van der Waals surface area contributed by atoms with E-state index >= 15 is 0 Å². The summed E-state index contributed by atoms with van der Waals surface area (Å²) in [7, 11) is 0. The van der Waals surface area contributed by atoms with E-state index in [9.17, 15) is 4.79 Å². The van der Waals surface area contributed by atoms with Crippen molar-refractivity contribution in [1.82, 2.24) is 4.90 Å². The van der Waals surface area contributed by atoms with Gasteiger partial charge in [0, 0.05) is 13.1 Å². The maximum atomic E-state index is 12.9. The molecule has 0 radical (unpaired) electrons. The Hall–Kier alpha value is -1.75. The Labute approximate surface area is 124 Å². The molecular formula is C16H21N3O2. The molecule has 1 amide bonds. The van der Waals surface area contributed by atoms with Gasteiger partial charge in [0.2, 0.25) is 5.91 Å². The first-order valence-electron chi connectivity index (χ1n) is 7.84. The highest BCUT2D eigenvalue weighted by molar-refractivity contribution is 5.89. The van der Waals surface area contributed by atoms with Crippen LogP contribution in [0.5, 0.6) is 0 Å². The number of ether oxygens (including phenoxy) is 1. The van der Waals surface area contributed by atoms with Gasteiger partial charge in [-0.25, -0.2) is 0 Å². The smallest absolute Gasteiger partial charge is 0.247 e. The van der Waals surface area contributed by atoms with Crippen LogP contribution >= 0.6 is 0 Å². The molecule has 1 aliphatic carbocycles. The first kappa shape index (κ1) is 13.0. The van der Waals surface area contributed by atoms with Crippen LogP contribution in [0.1, 0.15) is 19.3 Å². The molecule has 1 saturated heterocycles. The third-order valence-electron chi connectivity index (χ3n) is 4.82. The van der Waals surface area contributed by atoms with Gasteiger partial charge in [-0.2, -0.15) is 0 Å². The van der Waals surface area contributed by atoms with Crippen LogP contribution in [0.4, 0.5) is 11.4 Å². The largest absolute Gasteiger partial charge is 0.381 e. The average molecular weight is 287 g/mol. The van der Waals surface area contributed by atoms with Crippen molar-refractivity contribution < 1.29 is 9.53 Å². The van der Waals surface area contributed by atoms with Gasteiger partial charge in [-0.05, 0) is 31.4 Å². The Balaban J connectivity index is 1.50. The highest BCUT2D eigenvalue weighted by Crippen LogP contribution is 2.31. The maximum Gasteiger partial charge on any atom is 0.247 e. The van der Waals surface area contributed by atoms with Crippen molar-refractivity contribution in [2.24, 2.45) is 0 Å². The minimum absolute atomic E-state index is 0.181. The number of anilines is 2. The van der Waals surface area contributed by atoms with E-state index in [-0.39, 0.29) is 24.1 Å². The molecule has 5 nitrogen and oxygen atoms in total. The zero-order valence-corrected chi connectivity index (χ0v) is 12.0. The minimum Gasteiger partial charge on any atom is -0.381 e. The molecule has 1 aromatic rings. The topological polar surface area (TPSA) is 53.6 Å². The molecule has 3 unspecified atom stereocenters. The predicted octanol–water partition coefficient (Wildman–Crippen LogP) is 1.67. The lowest BCUT2D eigenvalue weighted by molar-refractivity contribution is -0.144. The molecule has 2 aliphatic heterocycles. The first-order chi connectivity index (χ1) is 10.3. The zero-order valence-electron chi connectivity index (χ0n) is 12.0. The lowest BCUT2D eigenvalue weighted by Gasteiger charge is -2.40. The van der Waals surface area contributed by atoms with Gasteiger partial charge in [-0.1, -0.05) is 12.1 Å². The maximum absolute atomic E-state index is 12.9. The Morgan fingerprint density at radius 3 is 3.00 bits per heavy atom. The van der Waals surface area contributed by atoms with Crippen molar-refractivity contribution >= 4 is 17.3 Å². The van der Waals surface area contributed by atoms with Gasteiger partial charge >= 0.3 is 0 Å². The zero-order chi connectivity index (χ0) is 14.2. The van der Waals surface area contributed by atoms with E-state index in [0.29, 0.717) is 13.2 Å². The van der Waals surface area contributed by atoms with Crippen molar-refractivity contribution in [2.75, 3.05) is 30.3 Å². The van der Waals surface area contributed by atoms with Crippen molar-refractivity contribution in [3.8, 4) is 0 Å². The number of nitrogens with zero attached hydrogens (tertiary/aromatic N) is 1. The molecule has 0 spiro atoms. The molecule has 0 aromatic heterocycles. The van der Waals surface area contributed by atoms with Crippen LogP contribution in [0.15, 0.2) is 24.3 Å². The summed E-state index contributed by atoms with van der Waals surface area (Å²) in [6, 6.07) is 8.14. The number of rotatable bonds is 1. The van der Waals surface area contributed by atoms with Crippen molar-refractivity contribution in [1.29, 1.82) is 0 Å². The molecule has 21 heavy (non-hydrogen) atoms. The van der Waals surface area contributed by atoms with Gasteiger partial charge in [0.1, 0.15) is 6.04 Å². The number of amides is 1. The summed E-state index contributed by atoms with van der Waals surface area (Å²) < 4.78 is 5.80. The number of carbonyl (C=O) groups excluding carboxylic acids is 1. The second kappa shape index (κ2) is 5.22. The molecule has 2 heterocycles. The summed E-state index contributed by atoms with van der Waals surface area (Å²) in [5, 5.41) is 6.73. The van der Waals surface area contributed by atoms with Crippen LogP contribution in [0.2, 0.25) is 0 Å². The number of benzene rings is 1. The monoisotopic (exact) mass is 287 g/mol. The SMILES string of the molecule is O=C(C1CNc2ccccc2N1)N1CCOC2CCCC21. The van der Waals surface area contributed by atoms with Gasteiger partial charge in [-0.3, -0.25) is 4.79 Å². The lowest BCUT2D eigenvalue weighted by atomic mass is 10.1. The van der Waals surface area contributed by atoms with E-state index in [4.69, 9.17) is 4.74 Å². The fraction of sp³-hybridized carbons (Fsp3) is 0.562. The van der Waals surface area contributed by atoms with Crippen LogP contribution in [-0.4, -0.2) is 48.7 Å². The molecule has 1 saturated carbocycles. The van der Waals surface area contributed by atoms with Crippen LogP contribution in [-0.2, 0) is 9.53 Å². The van der Waals surface area contributed by atoms with E-state index in [2.05, 4.69) is 15.5 Å². The molecule has 4 rings (SSSR count). The summed E-state index contributed by atoms with van der Waals surface area (Å²) in [5.74, 6) is 0.206. The minimum atomic E-state index is -0.181. The number of fused-ring (bicyclic) bond motifs is 2. The van der Waals surface area contributed by atoms with Crippen LogP contribution in [0, 0.1) is 0 Å². The normalized spacial score (nSPS) is 30.9. The van der Waals surface area contributed by atoms with Gasteiger partial charge in [0.05, 0.1) is 30.1 Å². The van der Waals surface area contributed by atoms with E-state index < -0.39 is 0 Å². The highest BCUT2D eigenvalue weighted by Gasteiger charge is 2.40. The summed E-state index contributed by atoms with van der Waals surface area (Å²) in [4.78, 5) is 14.9. The van der Waals surface area contributed by atoms with Gasteiger partial charge in [0.15, 0.2) is 0 Å². The first-order valence-corrected chi connectivity index (χ1v) is 7.84. The Morgan fingerprint density at radius 1 is 1.24 bits per heavy atom. The van der Waals surface area contributed by atoms with Crippen LogP contribution in [0.25, 0.3) is 0 Å². The van der Waals surface area contributed by atoms with Crippen molar-refractivity contribution in [3.05, 3.63) is 24.3 Å². The molecule has 5 heteroatoms. The van der Waals surface area contributed by atoms with Gasteiger partial charge < -0.3 is 20.3 Å². The molecule has 3 aliphatic rings. The Kier molecular flexibility index (Phi) is 3.22. The Bertz CT molecular complexity index is 548. The van der Waals surface area contributed by atoms with Crippen LogP contribution < -0.4 is 10.6 Å². The molecule has 112 valence electrons. The Morgan fingerprint density at radius 2 is 2.10 bits per heavy atom. The second-order valence-corrected chi connectivity index (χ2v) is 6.06. The molecule has 0 bridgehead atoms. The number of nitrogens with one attached hydrogen (secondary N) is 2. The molecule has 2 N–H and O–H groups in total. The molecule has 3 atom stereocenters. The summed E-state index contributed by atoms with van der Waals surface area (Å²) in [6.07, 6.45) is 3.59. The van der Waals surface area contributed by atoms with Crippen molar-refractivity contribution in [3.63, 3.8) is 0 Å². The lowest BCUT2D eigenvalue weighted by Crippen LogP contribution is -2.57. The number of para-hydroxylation sites is 2. The van der Waals surface area contributed by atoms with Crippen molar-refractivity contribution in [2.45, 2.75) is 37.5 Å². The fourth-order valence-electron chi connectivity index (χ4n) is 3.76. The van der Waals surface area contributed by atoms with E-state index in [1.165, 1.54) is 0 Å².